The molecule has 1 heterocycles. The molecule has 23 heavy (non-hydrogen) atoms. The largest absolute Gasteiger partial charge is 0.293 e. The summed E-state index contributed by atoms with van der Waals surface area (Å²) >= 11 is 0. The van der Waals surface area contributed by atoms with E-state index in [9.17, 15) is 4.79 Å². The van der Waals surface area contributed by atoms with E-state index in [4.69, 9.17) is 0 Å². The molecule has 114 valence electrons. The summed E-state index contributed by atoms with van der Waals surface area (Å²) < 4.78 is 0. The van der Waals surface area contributed by atoms with Crippen molar-refractivity contribution in [2.45, 2.75) is 13.0 Å². The van der Waals surface area contributed by atoms with Crippen LogP contribution in [0.3, 0.4) is 0 Å². The van der Waals surface area contributed by atoms with Gasteiger partial charge in [0.25, 0.3) is 0 Å². The summed E-state index contributed by atoms with van der Waals surface area (Å²) in [6.07, 6.45) is 1.03. The van der Waals surface area contributed by atoms with Crippen molar-refractivity contribution in [2.24, 2.45) is 0 Å². The minimum absolute atomic E-state index is 0.209. The molecule has 0 saturated heterocycles. The van der Waals surface area contributed by atoms with E-state index >= 15 is 0 Å². The number of ketones is 1. The number of carbonyl (C=O) groups excluding carboxylic acids is 1. The lowest BCUT2D eigenvalue weighted by molar-refractivity contribution is 0.0923. The van der Waals surface area contributed by atoms with Gasteiger partial charge >= 0.3 is 0 Å². The first-order valence-electron chi connectivity index (χ1n) is 8.11. The molecule has 0 bridgehead atoms. The first kappa shape index (κ1) is 14.2. The number of carbonyl (C=O) groups is 1. The van der Waals surface area contributed by atoms with E-state index in [2.05, 4.69) is 41.3 Å². The molecule has 0 radical (unpaired) electrons. The van der Waals surface area contributed by atoms with Gasteiger partial charge in [-0.3, -0.25) is 9.69 Å². The monoisotopic (exact) mass is 301 g/mol. The van der Waals surface area contributed by atoms with Crippen LogP contribution in [-0.4, -0.2) is 23.8 Å². The number of benzene rings is 3. The Morgan fingerprint density at radius 2 is 1.61 bits per heavy atom. The summed E-state index contributed by atoms with van der Waals surface area (Å²) in [5.74, 6) is 0.209. The zero-order valence-electron chi connectivity index (χ0n) is 13.0. The molecule has 0 aliphatic carbocycles. The van der Waals surface area contributed by atoms with Crippen LogP contribution in [0, 0.1) is 0 Å². The molecule has 0 fully saturated rings. The third-order valence-corrected chi connectivity index (χ3v) is 4.67. The van der Waals surface area contributed by atoms with Gasteiger partial charge in [0, 0.05) is 18.7 Å². The molecule has 1 aliphatic rings. The molecule has 0 N–H and O–H groups in total. The second kappa shape index (κ2) is 5.98. The van der Waals surface area contributed by atoms with Crippen LogP contribution in [0.1, 0.15) is 21.5 Å². The predicted molar refractivity (Wildman–Crippen MR) is 93.7 cm³/mol. The van der Waals surface area contributed by atoms with Crippen LogP contribution in [0.5, 0.6) is 0 Å². The number of rotatable bonds is 3. The van der Waals surface area contributed by atoms with E-state index in [1.807, 2.05) is 30.3 Å². The molecular weight excluding hydrogens is 282 g/mol. The highest BCUT2D eigenvalue weighted by atomic mass is 16.1. The number of hydrogen-bond acceptors (Lipinski definition) is 2. The average molecular weight is 301 g/mol. The minimum atomic E-state index is 0.209. The maximum atomic E-state index is 12.8. The van der Waals surface area contributed by atoms with Crippen LogP contribution in [0.4, 0.5) is 0 Å². The van der Waals surface area contributed by atoms with E-state index < -0.39 is 0 Å². The van der Waals surface area contributed by atoms with E-state index in [0.717, 1.165) is 35.8 Å². The minimum Gasteiger partial charge on any atom is -0.293 e. The van der Waals surface area contributed by atoms with Gasteiger partial charge in [-0.05, 0) is 28.3 Å². The van der Waals surface area contributed by atoms with E-state index in [1.165, 1.54) is 11.1 Å². The molecule has 0 aromatic heterocycles. The van der Waals surface area contributed by atoms with Gasteiger partial charge in [0.2, 0.25) is 0 Å². The summed E-state index contributed by atoms with van der Waals surface area (Å²) in [5, 5.41) is 2.18. The van der Waals surface area contributed by atoms with E-state index in [1.54, 1.807) is 0 Å². The number of fused-ring (bicyclic) bond motifs is 2. The van der Waals surface area contributed by atoms with Crippen molar-refractivity contribution in [1.29, 1.82) is 0 Å². The van der Waals surface area contributed by atoms with Crippen molar-refractivity contribution in [3.8, 4) is 0 Å². The van der Waals surface area contributed by atoms with E-state index in [-0.39, 0.29) is 5.78 Å². The second-order valence-electron chi connectivity index (χ2n) is 6.18. The second-order valence-corrected chi connectivity index (χ2v) is 6.18. The zero-order chi connectivity index (χ0) is 15.6. The van der Waals surface area contributed by atoms with Gasteiger partial charge < -0.3 is 0 Å². The van der Waals surface area contributed by atoms with E-state index in [0.29, 0.717) is 6.54 Å². The highest BCUT2D eigenvalue weighted by Gasteiger charge is 2.19. The molecule has 2 heteroatoms. The molecule has 2 nitrogen and oxygen atoms in total. The third-order valence-electron chi connectivity index (χ3n) is 4.67. The van der Waals surface area contributed by atoms with Crippen molar-refractivity contribution in [1.82, 2.24) is 4.90 Å². The van der Waals surface area contributed by atoms with Crippen molar-refractivity contribution in [3.63, 3.8) is 0 Å². The lowest BCUT2D eigenvalue weighted by atomic mass is 9.98. The molecule has 1 aliphatic heterocycles. The summed E-state index contributed by atoms with van der Waals surface area (Å²) in [6, 6.07) is 22.6. The van der Waals surface area contributed by atoms with Crippen LogP contribution in [-0.2, 0) is 13.0 Å². The fourth-order valence-electron chi connectivity index (χ4n) is 3.45. The van der Waals surface area contributed by atoms with Crippen LogP contribution in [0.15, 0.2) is 66.7 Å². The van der Waals surface area contributed by atoms with Gasteiger partial charge in [0.15, 0.2) is 5.78 Å². The Kier molecular flexibility index (Phi) is 3.68. The fourth-order valence-corrected chi connectivity index (χ4v) is 3.45. The normalized spacial score (nSPS) is 14.6. The molecule has 4 rings (SSSR count). The molecule has 3 aromatic carbocycles. The molecule has 0 spiro atoms. The van der Waals surface area contributed by atoms with Crippen molar-refractivity contribution >= 4 is 16.6 Å². The Balaban J connectivity index is 1.56. The summed E-state index contributed by atoms with van der Waals surface area (Å²) in [5.41, 5.74) is 3.60. The molecule has 0 saturated carbocycles. The maximum Gasteiger partial charge on any atom is 0.177 e. The Morgan fingerprint density at radius 1 is 0.870 bits per heavy atom. The third kappa shape index (κ3) is 2.78. The summed E-state index contributed by atoms with van der Waals surface area (Å²) in [6.45, 7) is 2.31. The summed E-state index contributed by atoms with van der Waals surface area (Å²) in [4.78, 5) is 15.1. The zero-order valence-corrected chi connectivity index (χ0v) is 13.0. The quantitative estimate of drug-likeness (QED) is 0.679. The van der Waals surface area contributed by atoms with Gasteiger partial charge in [0.1, 0.15) is 0 Å². The van der Waals surface area contributed by atoms with Gasteiger partial charge in [-0.25, -0.2) is 0 Å². The number of Topliss-reactive ketones (excluding diaryl/α,β-unsaturated/α-hetero) is 1. The van der Waals surface area contributed by atoms with Crippen LogP contribution in [0.25, 0.3) is 10.8 Å². The molecule has 0 amide bonds. The average Bonchev–Trinajstić information content (AvgIpc) is 2.61. The lowest BCUT2D eigenvalue weighted by Gasteiger charge is -2.28. The highest BCUT2D eigenvalue weighted by molar-refractivity contribution is 6.09. The standard InChI is InChI=1S/C21H19NO/c23-21(20-11-5-9-17-7-3-4-10-19(17)20)15-22-13-12-16-6-1-2-8-18(16)14-22/h1-11H,12-15H2. The molecular formula is C21H19NO. The Labute approximate surface area is 136 Å². The summed E-state index contributed by atoms with van der Waals surface area (Å²) in [7, 11) is 0. The molecule has 3 aromatic rings. The van der Waals surface area contributed by atoms with Gasteiger partial charge in [-0.15, -0.1) is 0 Å². The topological polar surface area (TPSA) is 20.3 Å². The SMILES string of the molecule is O=C(CN1CCc2ccccc2C1)c1cccc2ccccc12. The lowest BCUT2D eigenvalue weighted by Crippen LogP contribution is -2.34. The van der Waals surface area contributed by atoms with Crippen molar-refractivity contribution in [2.75, 3.05) is 13.1 Å². The molecule has 0 unspecified atom stereocenters. The number of hydrogen-bond donors (Lipinski definition) is 0. The van der Waals surface area contributed by atoms with Crippen molar-refractivity contribution < 1.29 is 4.79 Å². The van der Waals surface area contributed by atoms with Crippen LogP contribution < -0.4 is 0 Å². The number of nitrogens with zero attached hydrogens (tertiary/aromatic N) is 1. The van der Waals surface area contributed by atoms with Gasteiger partial charge in [-0.1, -0.05) is 66.7 Å². The maximum absolute atomic E-state index is 12.8. The first-order valence-corrected chi connectivity index (χ1v) is 8.11. The Hall–Kier alpha value is -2.45. The Morgan fingerprint density at radius 3 is 2.52 bits per heavy atom. The van der Waals surface area contributed by atoms with Crippen LogP contribution in [0.2, 0.25) is 0 Å². The smallest absolute Gasteiger partial charge is 0.177 e. The van der Waals surface area contributed by atoms with Crippen LogP contribution >= 0.6 is 0 Å². The molecule has 0 atom stereocenters. The Bertz CT molecular complexity index is 863. The first-order chi connectivity index (χ1) is 11.3. The van der Waals surface area contributed by atoms with Gasteiger partial charge in [-0.2, -0.15) is 0 Å². The highest BCUT2D eigenvalue weighted by Crippen LogP contribution is 2.21. The van der Waals surface area contributed by atoms with Crippen molar-refractivity contribution in [3.05, 3.63) is 83.4 Å². The fraction of sp³-hybridized carbons (Fsp3) is 0.190. The van der Waals surface area contributed by atoms with Gasteiger partial charge in [0.05, 0.1) is 6.54 Å². The predicted octanol–water partition coefficient (Wildman–Crippen LogP) is 4.08.